The quantitative estimate of drug-likeness (QED) is 0.596. The normalized spacial score (nSPS) is 11.0. The summed E-state index contributed by atoms with van der Waals surface area (Å²) >= 11 is 0. The van der Waals surface area contributed by atoms with Gasteiger partial charge < -0.3 is 10.5 Å². The van der Waals surface area contributed by atoms with Gasteiger partial charge in [0.25, 0.3) is 0 Å². The van der Waals surface area contributed by atoms with Gasteiger partial charge in [0.05, 0.1) is 0 Å². The molecule has 2 rings (SSSR count). The molecule has 0 radical (unpaired) electrons. The maximum absolute atomic E-state index is 13.1. The Kier molecular flexibility index (Phi) is 5.62. The van der Waals surface area contributed by atoms with Crippen molar-refractivity contribution in [2.24, 2.45) is 0 Å². The van der Waals surface area contributed by atoms with E-state index in [4.69, 9.17) is 10.5 Å². The first-order valence-electron chi connectivity index (χ1n) is 7.11. The number of aromatic nitrogens is 4. The molecule has 0 aliphatic heterocycles. The number of ether oxygens (including phenoxy) is 1. The molecule has 114 valence electrons. The van der Waals surface area contributed by atoms with E-state index < -0.39 is 0 Å². The summed E-state index contributed by atoms with van der Waals surface area (Å²) in [6.45, 7) is 4.21. The molecule has 1 aromatic carbocycles. The highest BCUT2D eigenvalue weighted by Crippen LogP contribution is 2.24. The zero-order chi connectivity index (χ0) is 15.1. The first kappa shape index (κ1) is 15.4. The van der Waals surface area contributed by atoms with E-state index in [-0.39, 0.29) is 5.82 Å². The molecular weight excluding hydrogens is 273 g/mol. The fourth-order valence-electron chi connectivity index (χ4n) is 1.95. The highest BCUT2D eigenvalue weighted by atomic mass is 19.1. The first-order chi connectivity index (χ1) is 10.2. The molecule has 0 fully saturated rings. The van der Waals surface area contributed by atoms with Crippen molar-refractivity contribution in [3.8, 4) is 11.4 Å². The maximum Gasteiger partial charge on any atom is 0.184 e. The molecule has 0 atom stereocenters. The minimum atomic E-state index is -0.375. The number of tetrazole rings is 1. The second-order valence-electron chi connectivity index (χ2n) is 4.78. The van der Waals surface area contributed by atoms with Gasteiger partial charge in [-0.05, 0) is 41.5 Å². The summed E-state index contributed by atoms with van der Waals surface area (Å²) in [6, 6.07) is 4.20. The number of rotatable bonds is 8. The van der Waals surface area contributed by atoms with Gasteiger partial charge in [0, 0.05) is 31.0 Å². The number of nitrogens with zero attached hydrogens (tertiary/aromatic N) is 4. The van der Waals surface area contributed by atoms with Crippen molar-refractivity contribution in [1.29, 1.82) is 0 Å². The van der Waals surface area contributed by atoms with Crippen LogP contribution < -0.4 is 5.73 Å². The molecule has 0 aliphatic carbocycles. The van der Waals surface area contributed by atoms with Crippen LogP contribution in [0, 0.1) is 5.82 Å². The van der Waals surface area contributed by atoms with E-state index in [0.717, 1.165) is 25.9 Å². The molecule has 2 N–H and O–H groups in total. The molecule has 0 amide bonds. The second-order valence-corrected chi connectivity index (χ2v) is 4.78. The Morgan fingerprint density at radius 3 is 2.86 bits per heavy atom. The van der Waals surface area contributed by atoms with Crippen LogP contribution >= 0.6 is 0 Å². The lowest BCUT2D eigenvalue weighted by Crippen LogP contribution is -2.07. The van der Waals surface area contributed by atoms with Crippen LogP contribution in [0.5, 0.6) is 0 Å². The van der Waals surface area contributed by atoms with Gasteiger partial charge in [0.15, 0.2) is 5.82 Å². The topological polar surface area (TPSA) is 78.8 Å². The average Bonchev–Trinajstić information content (AvgIpc) is 2.91. The van der Waals surface area contributed by atoms with Crippen LogP contribution in [0.15, 0.2) is 18.2 Å². The second kappa shape index (κ2) is 7.68. The average molecular weight is 293 g/mol. The van der Waals surface area contributed by atoms with E-state index in [1.165, 1.54) is 12.1 Å². The summed E-state index contributed by atoms with van der Waals surface area (Å²) < 4.78 is 20.2. The van der Waals surface area contributed by atoms with Gasteiger partial charge in [0.2, 0.25) is 0 Å². The van der Waals surface area contributed by atoms with Crippen LogP contribution in [0.1, 0.15) is 26.2 Å². The Morgan fingerprint density at radius 1 is 1.29 bits per heavy atom. The predicted octanol–water partition coefficient (Wildman–Crippen LogP) is 2.27. The van der Waals surface area contributed by atoms with Gasteiger partial charge in [-0.1, -0.05) is 13.3 Å². The Hall–Kier alpha value is -2.02. The number of unbranched alkanes of at least 4 members (excludes halogenated alkanes) is 1. The molecule has 2 aromatic rings. The third-order valence-corrected chi connectivity index (χ3v) is 3.09. The zero-order valence-corrected chi connectivity index (χ0v) is 12.1. The van der Waals surface area contributed by atoms with Crippen molar-refractivity contribution in [3.05, 3.63) is 24.0 Å². The number of nitrogen functional groups attached to an aromatic ring is 1. The molecule has 0 spiro atoms. The van der Waals surface area contributed by atoms with Crippen LogP contribution in [0.2, 0.25) is 0 Å². The highest BCUT2D eigenvalue weighted by molar-refractivity contribution is 5.71. The first-order valence-corrected chi connectivity index (χ1v) is 7.11. The molecule has 7 heteroatoms. The van der Waals surface area contributed by atoms with E-state index in [9.17, 15) is 4.39 Å². The lowest BCUT2D eigenvalue weighted by molar-refractivity contribution is 0.125. The van der Waals surface area contributed by atoms with Gasteiger partial charge in [-0.15, -0.1) is 5.10 Å². The van der Waals surface area contributed by atoms with Crippen LogP contribution in [0.3, 0.4) is 0 Å². The summed E-state index contributed by atoms with van der Waals surface area (Å²) in [7, 11) is 0. The predicted molar refractivity (Wildman–Crippen MR) is 78.0 cm³/mol. The van der Waals surface area contributed by atoms with Crippen molar-refractivity contribution in [2.45, 2.75) is 32.7 Å². The highest BCUT2D eigenvalue weighted by Gasteiger charge is 2.12. The molecule has 0 saturated heterocycles. The van der Waals surface area contributed by atoms with Gasteiger partial charge in [-0.2, -0.15) is 0 Å². The molecule has 0 saturated carbocycles. The number of aryl methyl sites for hydroxylation is 1. The lowest BCUT2D eigenvalue weighted by Gasteiger charge is -2.07. The molecule has 0 unspecified atom stereocenters. The summed E-state index contributed by atoms with van der Waals surface area (Å²) in [4.78, 5) is 0. The molecule has 6 nitrogen and oxygen atoms in total. The maximum atomic E-state index is 13.1. The summed E-state index contributed by atoms with van der Waals surface area (Å²) in [5.41, 5.74) is 6.77. The van der Waals surface area contributed by atoms with E-state index in [2.05, 4.69) is 22.4 Å². The number of anilines is 1. The van der Waals surface area contributed by atoms with E-state index in [1.54, 1.807) is 10.7 Å². The van der Waals surface area contributed by atoms with Gasteiger partial charge in [0.1, 0.15) is 5.82 Å². The Morgan fingerprint density at radius 2 is 2.10 bits per heavy atom. The summed E-state index contributed by atoms with van der Waals surface area (Å²) in [5, 5.41) is 11.6. The van der Waals surface area contributed by atoms with Crippen LogP contribution in [-0.2, 0) is 11.3 Å². The number of hydrogen-bond acceptors (Lipinski definition) is 5. The van der Waals surface area contributed by atoms with Crippen LogP contribution in [0.4, 0.5) is 10.1 Å². The molecule has 0 bridgehead atoms. The molecule has 0 aliphatic rings. The lowest BCUT2D eigenvalue weighted by atomic mass is 10.1. The molecule has 1 heterocycles. The SMILES string of the molecule is CCCCOCCCn1nnnc1-c1ccc(F)cc1N. The summed E-state index contributed by atoms with van der Waals surface area (Å²) in [6.07, 6.45) is 3.01. The Balaban J connectivity index is 1.95. The monoisotopic (exact) mass is 293 g/mol. The third kappa shape index (κ3) is 4.22. The minimum absolute atomic E-state index is 0.324. The van der Waals surface area contributed by atoms with Crippen molar-refractivity contribution < 1.29 is 9.13 Å². The van der Waals surface area contributed by atoms with Gasteiger partial charge >= 0.3 is 0 Å². The van der Waals surface area contributed by atoms with Crippen molar-refractivity contribution in [3.63, 3.8) is 0 Å². The largest absolute Gasteiger partial charge is 0.398 e. The number of hydrogen-bond donors (Lipinski definition) is 1. The smallest absolute Gasteiger partial charge is 0.184 e. The van der Waals surface area contributed by atoms with E-state index in [0.29, 0.717) is 30.2 Å². The van der Waals surface area contributed by atoms with Crippen molar-refractivity contribution in [2.75, 3.05) is 18.9 Å². The molecule has 21 heavy (non-hydrogen) atoms. The fourth-order valence-corrected chi connectivity index (χ4v) is 1.95. The number of halogens is 1. The summed E-state index contributed by atoms with van der Waals surface area (Å²) in [5.74, 6) is 0.167. The van der Waals surface area contributed by atoms with Crippen LogP contribution in [0.25, 0.3) is 11.4 Å². The van der Waals surface area contributed by atoms with Crippen LogP contribution in [-0.4, -0.2) is 33.4 Å². The number of benzene rings is 1. The minimum Gasteiger partial charge on any atom is -0.398 e. The van der Waals surface area contributed by atoms with E-state index in [1.807, 2.05) is 0 Å². The fraction of sp³-hybridized carbons (Fsp3) is 0.500. The Bertz CT molecular complexity index is 572. The van der Waals surface area contributed by atoms with Gasteiger partial charge in [-0.25, -0.2) is 9.07 Å². The van der Waals surface area contributed by atoms with Crippen molar-refractivity contribution >= 4 is 5.69 Å². The standard InChI is InChI=1S/C14H20FN5O/c1-2-3-8-21-9-4-7-20-14(17-18-19-20)12-6-5-11(15)10-13(12)16/h5-6,10H,2-4,7-9,16H2,1H3. The van der Waals surface area contributed by atoms with Gasteiger partial charge in [-0.3, -0.25) is 0 Å². The zero-order valence-electron chi connectivity index (χ0n) is 12.1. The van der Waals surface area contributed by atoms with E-state index >= 15 is 0 Å². The Labute approximate surface area is 123 Å². The third-order valence-electron chi connectivity index (χ3n) is 3.09. The molecular formula is C14H20FN5O. The molecule has 1 aromatic heterocycles. The van der Waals surface area contributed by atoms with Crippen molar-refractivity contribution in [1.82, 2.24) is 20.2 Å². The number of nitrogens with two attached hydrogens (primary N) is 1.